The van der Waals surface area contributed by atoms with Crippen LogP contribution in [-0.4, -0.2) is 17.9 Å². The number of nitrogens with zero attached hydrogens (tertiary/aromatic N) is 2. The molecule has 3 nitrogen and oxygen atoms in total. The number of anilines is 1. The van der Waals surface area contributed by atoms with E-state index in [0.717, 1.165) is 4.90 Å². The highest BCUT2D eigenvalue weighted by molar-refractivity contribution is 7.17. The Morgan fingerprint density at radius 3 is 2.50 bits per heavy atom. The lowest BCUT2D eigenvalue weighted by molar-refractivity contribution is -0.141. The second kappa shape index (κ2) is 6.07. The second-order valence-electron chi connectivity index (χ2n) is 5.03. The molecule has 0 atom stereocenters. The molecule has 0 aliphatic carbocycles. The maximum absolute atomic E-state index is 13.3. The van der Waals surface area contributed by atoms with Crippen molar-refractivity contribution in [2.24, 2.45) is 0 Å². The number of alkyl halides is 3. The van der Waals surface area contributed by atoms with Gasteiger partial charge in [0.2, 0.25) is 0 Å². The largest absolute Gasteiger partial charge is 0.434 e. The molecule has 0 N–H and O–H groups in total. The zero-order chi connectivity index (χ0) is 17.5. The first-order chi connectivity index (χ1) is 11.3. The van der Waals surface area contributed by atoms with E-state index in [4.69, 9.17) is 11.6 Å². The number of halogens is 4. The number of hydrogen-bond acceptors (Lipinski definition) is 3. The first kappa shape index (κ1) is 16.7. The SMILES string of the molecule is CN(C(=O)c1cc2sccc2nc1C(F)(F)F)c1ccc(Cl)cc1. The zero-order valence-electron chi connectivity index (χ0n) is 12.3. The summed E-state index contributed by atoms with van der Waals surface area (Å²) in [5.74, 6) is -0.785. The standard InChI is InChI=1S/C16H10ClF3N2OS/c1-22(10-4-2-9(17)3-5-10)15(23)11-8-13-12(6-7-24-13)21-14(11)16(18,19)20/h2-8H,1H3. The Bertz CT molecular complexity index is 906. The van der Waals surface area contributed by atoms with E-state index >= 15 is 0 Å². The molecule has 24 heavy (non-hydrogen) atoms. The van der Waals surface area contributed by atoms with Crippen LogP contribution in [0.5, 0.6) is 0 Å². The van der Waals surface area contributed by atoms with Crippen LogP contribution < -0.4 is 4.90 Å². The molecule has 124 valence electrons. The second-order valence-corrected chi connectivity index (χ2v) is 6.41. The number of rotatable bonds is 2. The van der Waals surface area contributed by atoms with Crippen LogP contribution in [0.25, 0.3) is 10.2 Å². The van der Waals surface area contributed by atoms with Crippen molar-refractivity contribution >= 4 is 44.7 Å². The van der Waals surface area contributed by atoms with Crippen molar-refractivity contribution in [3.8, 4) is 0 Å². The van der Waals surface area contributed by atoms with E-state index in [0.29, 0.717) is 15.4 Å². The smallest absolute Gasteiger partial charge is 0.311 e. The fourth-order valence-electron chi connectivity index (χ4n) is 2.24. The Morgan fingerprint density at radius 2 is 1.88 bits per heavy atom. The molecule has 3 rings (SSSR count). The van der Waals surface area contributed by atoms with Crippen LogP contribution in [0.2, 0.25) is 5.02 Å². The molecule has 1 aromatic carbocycles. The van der Waals surface area contributed by atoms with Crippen molar-refractivity contribution < 1.29 is 18.0 Å². The molecule has 0 aliphatic heterocycles. The fourth-order valence-corrected chi connectivity index (χ4v) is 3.13. The summed E-state index contributed by atoms with van der Waals surface area (Å²) in [5.41, 5.74) is -1.00. The Morgan fingerprint density at radius 1 is 1.21 bits per heavy atom. The molecule has 1 amide bonds. The van der Waals surface area contributed by atoms with E-state index in [1.807, 2.05) is 0 Å². The van der Waals surface area contributed by atoms with Crippen LogP contribution in [0.1, 0.15) is 16.1 Å². The van der Waals surface area contributed by atoms with E-state index in [9.17, 15) is 18.0 Å². The number of carbonyl (C=O) groups excluding carboxylic acids is 1. The Labute approximate surface area is 144 Å². The molecule has 0 spiro atoms. The number of fused-ring (bicyclic) bond motifs is 1. The predicted molar refractivity (Wildman–Crippen MR) is 88.8 cm³/mol. The number of pyridine rings is 1. The molecule has 0 unspecified atom stereocenters. The number of hydrogen-bond donors (Lipinski definition) is 0. The summed E-state index contributed by atoms with van der Waals surface area (Å²) in [6.07, 6.45) is -4.72. The maximum Gasteiger partial charge on any atom is 0.434 e. The minimum Gasteiger partial charge on any atom is -0.311 e. The Hall–Kier alpha value is -2.12. The summed E-state index contributed by atoms with van der Waals surface area (Å²) in [4.78, 5) is 17.4. The van der Waals surface area contributed by atoms with Gasteiger partial charge in [-0.05, 0) is 41.8 Å². The summed E-state index contributed by atoms with van der Waals surface area (Å²) in [5, 5.41) is 2.10. The predicted octanol–water partition coefficient (Wildman–Crippen LogP) is 5.25. The van der Waals surface area contributed by atoms with E-state index in [1.54, 1.807) is 29.6 Å². The van der Waals surface area contributed by atoms with Crippen molar-refractivity contribution in [3.05, 3.63) is 58.1 Å². The lowest BCUT2D eigenvalue weighted by Crippen LogP contribution is -2.29. The molecule has 0 saturated heterocycles. The number of benzene rings is 1. The van der Waals surface area contributed by atoms with Gasteiger partial charge in [-0.25, -0.2) is 4.98 Å². The van der Waals surface area contributed by atoms with Crippen molar-refractivity contribution in [2.75, 3.05) is 11.9 Å². The molecular weight excluding hydrogens is 361 g/mol. The van der Waals surface area contributed by atoms with Gasteiger partial charge in [-0.1, -0.05) is 11.6 Å². The van der Waals surface area contributed by atoms with Gasteiger partial charge in [-0.3, -0.25) is 4.79 Å². The molecule has 0 aliphatic rings. The molecule has 0 fully saturated rings. The van der Waals surface area contributed by atoms with Gasteiger partial charge in [0, 0.05) is 17.8 Å². The van der Waals surface area contributed by atoms with Gasteiger partial charge in [0.25, 0.3) is 5.91 Å². The van der Waals surface area contributed by atoms with E-state index in [1.165, 1.54) is 30.5 Å². The normalized spacial score (nSPS) is 11.7. The third-order valence-corrected chi connectivity index (χ3v) is 4.56. The van der Waals surface area contributed by atoms with Crippen LogP contribution in [0, 0.1) is 0 Å². The van der Waals surface area contributed by atoms with Crippen molar-refractivity contribution in [1.82, 2.24) is 4.98 Å². The molecule has 2 heterocycles. The average molecular weight is 371 g/mol. The fraction of sp³-hybridized carbons (Fsp3) is 0.125. The third-order valence-electron chi connectivity index (χ3n) is 3.45. The van der Waals surface area contributed by atoms with E-state index in [-0.39, 0.29) is 5.52 Å². The molecule has 0 saturated carbocycles. The molecule has 8 heteroatoms. The molecule has 0 radical (unpaired) electrons. The molecule has 2 aromatic heterocycles. The van der Waals surface area contributed by atoms with Gasteiger partial charge in [0.1, 0.15) is 0 Å². The highest BCUT2D eigenvalue weighted by atomic mass is 35.5. The zero-order valence-corrected chi connectivity index (χ0v) is 13.8. The minimum atomic E-state index is -4.72. The van der Waals surface area contributed by atoms with E-state index in [2.05, 4.69) is 4.98 Å². The monoisotopic (exact) mass is 370 g/mol. The van der Waals surface area contributed by atoms with Crippen LogP contribution in [0.4, 0.5) is 18.9 Å². The highest BCUT2D eigenvalue weighted by Gasteiger charge is 2.38. The topological polar surface area (TPSA) is 33.2 Å². The quantitative estimate of drug-likeness (QED) is 0.617. The Balaban J connectivity index is 2.09. The van der Waals surface area contributed by atoms with Gasteiger partial charge in [0.15, 0.2) is 5.69 Å². The van der Waals surface area contributed by atoms with E-state index < -0.39 is 23.3 Å². The summed E-state index contributed by atoms with van der Waals surface area (Å²) in [6.45, 7) is 0. The van der Waals surface area contributed by atoms with Gasteiger partial charge < -0.3 is 4.90 Å². The maximum atomic E-state index is 13.3. The lowest BCUT2D eigenvalue weighted by atomic mass is 10.1. The third kappa shape index (κ3) is 3.09. The summed E-state index contributed by atoms with van der Waals surface area (Å²) < 4.78 is 40.5. The summed E-state index contributed by atoms with van der Waals surface area (Å²) in [7, 11) is 1.41. The van der Waals surface area contributed by atoms with Gasteiger partial charge in [-0.2, -0.15) is 13.2 Å². The number of thiophene rings is 1. The van der Waals surface area contributed by atoms with Gasteiger partial charge >= 0.3 is 6.18 Å². The molecular formula is C16H10ClF3N2OS. The lowest BCUT2D eigenvalue weighted by Gasteiger charge is -2.19. The van der Waals surface area contributed by atoms with Crippen LogP contribution in [0.3, 0.4) is 0 Å². The molecule has 3 aromatic rings. The summed E-state index contributed by atoms with van der Waals surface area (Å²) in [6, 6.07) is 8.98. The number of carbonyl (C=O) groups is 1. The highest BCUT2D eigenvalue weighted by Crippen LogP contribution is 2.34. The first-order valence-electron chi connectivity index (χ1n) is 6.76. The van der Waals surface area contributed by atoms with Crippen LogP contribution in [-0.2, 0) is 6.18 Å². The first-order valence-corrected chi connectivity index (χ1v) is 8.02. The van der Waals surface area contributed by atoms with Crippen molar-refractivity contribution in [1.29, 1.82) is 0 Å². The number of aromatic nitrogens is 1. The molecule has 0 bridgehead atoms. The van der Waals surface area contributed by atoms with Crippen LogP contribution >= 0.6 is 22.9 Å². The Kier molecular flexibility index (Phi) is 4.23. The van der Waals surface area contributed by atoms with Crippen molar-refractivity contribution in [2.45, 2.75) is 6.18 Å². The van der Waals surface area contributed by atoms with Gasteiger partial charge in [-0.15, -0.1) is 11.3 Å². The number of amides is 1. The van der Waals surface area contributed by atoms with Crippen LogP contribution in [0.15, 0.2) is 41.8 Å². The average Bonchev–Trinajstić information content (AvgIpc) is 2.99. The van der Waals surface area contributed by atoms with Gasteiger partial charge in [0.05, 0.1) is 15.8 Å². The minimum absolute atomic E-state index is 0.220. The summed E-state index contributed by atoms with van der Waals surface area (Å²) >= 11 is 7.02. The van der Waals surface area contributed by atoms with Crippen molar-refractivity contribution in [3.63, 3.8) is 0 Å².